The van der Waals surface area contributed by atoms with Crippen molar-refractivity contribution in [3.8, 4) is 0 Å². The van der Waals surface area contributed by atoms with Gasteiger partial charge in [-0.15, -0.1) is 0 Å². The van der Waals surface area contributed by atoms with Gasteiger partial charge < -0.3 is 15.4 Å². The van der Waals surface area contributed by atoms with Gasteiger partial charge in [-0.05, 0) is 26.3 Å². The molecule has 1 aliphatic heterocycles. The number of hydrogen-bond acceptors (Lipinski definition) is 6. The molecule has 0 unspecified atom stereocenters. The Labute approximate surface area is 147 Å². The summed E-state index contributed by atoms with van der Waals surface area (Å²) in [5.74, 6) is 1.44. The largest absolute Gasteiger partial charge is 0.379 e. The Morgan fingerprint density at radius 3 is 2.96 bits per heavy atom. The molecule has 0 saturated carbocycles. The Morgan fingerprint density at radius 2 is 2.24 bits per heavy atom. The molecule has 2 aromatic rings. The molecule has 1 saturated heterocycles. The number of amides is 1. The highest BCUT2D eigenvalue weighted by Crippen LogP contribution is 2.14. The first-order chi connectivity index (χ1) is 12.0. The third kappa shape index (κ3) is 4.54. The lowest BCUT2D eigenvalue weighted by molar-refractivity contribution is -0.121. The van der Waals surface area contributed by atoms with Crippen molar-refractivity contribution in [3.05, 3.63) is 35.5 Å². The van der Waals surface area contributed by atoms with E-state index in [-0.39, 0.29) is 18.0 Å². The van der Waals surface area contributed by atoms with Gasteiger partial charge in [-0.2, -0.15) is 5.10 Å². The van der Waals surface area contributed by atoms with Crippen LogP contribution < -0.4 is 10.6 Å². The highest BCUT2D eigenvalue weighted by molar-refractivity contribution is 5.79. The van der Waals surface area contributed by atoms with Crippen LogP contribution in [-0.2, 0) is 23.0 Å². The van der Waals surface area contributed by atoms with Crippen molar-refractivity contribution < 1.29 is 9.53 Å². The van der Waals surface area contributed by atoms with Gasteiger partial charge in [0.2, 0.25) is 5.91 Å². The second kappa shape index (κ2) is 7.60. The maximum atomic E-state index is 12.5. The fourth-order valence-corrected chi connectivity index (χ4v) is 3.03. The molecule has 1 aliphatic rings. The van der Waals surface area contributed by atoms with E-state index in [9.17, 15) is 4.79 Å². The number of nitrogens with one attached hydrogen (secondary N) is 2. The quantitative estimate of drug-likeness (QED) is 0.831. The highest BCUT2D eigenvalue weighted by Gasteiger charge is 2.27. The molecule has 0 spiro atoms. The summed E-state index contributed by atoms with van der Waals surface area (Å²) in [6, 6.07) is 1.79. The summed E-state index contributed by atoms with van der Waals surface area (Å²) in [4.78, 5) is 20.9. The van der Waals surface area contributed by atoms with Gasteiger partial charge in [0.25, 0.3) is 0 Å². The number of ether oxygens (including phenoxy) is 1. The van der Waals surface area contributed by atoms with Crippen LogP contribution in [-0.4, -0.2) is 51.0 Å². The van der Waals surface area contributed by atoms with Crippen molar-refractivity contribution in [2.24, 2.45) is 7.05 Å². The van der Waals surface area contributed by atoms with Crippen LogP contribution in [0.4, 0.5) is 5.82 Å². The number of nitrogens with zero attached hydrogens (tertiary/aromatic N) is 4. The van der Waals surface area contributed by atoms with E-state index in [4.69, 9.17) is 4.74 Å². The van der Waals surface area contributed by atoms with Crippen molar-refractivity contribution in [3.63, 3.8) is 0 Å². The lowest BCUT2D eigenvalue weighted by Crippen LogP contribution is -2.52. The van der Waals surface area contributed by atoms with E-state index in [2.05, 4.69) is 25.7 Å². The van der Waals surface area contributed by atoms with Gasteiger partial charge in [-0.3, -0.25) is 9.48 Å². The molecule has 0 aliphatic carbocycles. The Bertz CT molecular complexity index is 744. The van der Waals surface area contributed by atoms with Gasteiger partial charge in [0.15, 0.2) is 0 Å². The van der Waals surface area contributed by atoms with Crippen molar-refractivity contribution in [1.82, 2.24) is 25.1 Å². The Balaban J connectivity index is 1.62. The van der Waals surface area contributed by atoms with Crippen LogP contribution >= 0.6 is 0 Å². The number of rotatable bonds is 5. The summed E-state index contributed by atoms with van der Waals surface area (Å²) in [5.41, 5.74) is 1.83. The molecule has 2 atom stereocenters. The Morgan fingerprint density at radius 1 is 1.40 bits per heavy atom. The van der Waals surface area contributed by atoms with Gasteiger partial charge in [-0.25, -0.2) is 9.97 Å². The van der Waals surface area contributed by atoms with Crippen LogP contribution in [0.15, 0.2) is 18.5 Å². The highest BCUT2D eigenvalue weighted by atomic mass is 16.5. The maximum absolute atomic E-state index is 12.5. The number of carbonyl (C=O) groups excluding carboxylic acids is 1. The van der Waals surface area contributed by atoms with Gasteiger partial charge in [-0.1, -0.05) is 0 Å². The number of aromatic nitrogens is 4. The first-order valence-corrected chi connectivity index (χ1v) is 8.43. The monoisotopic (exact) mass is 344 g/mol. The molecule has 0 radical (unpaired) electrons. The minimum absolute atomic E-state index is 0.00586. The minimum atomic E-state index is -0.0259. The first-order valence-electron chi connectivity index (χ1n) is 8.43. The fourth-order valence-electron chi connectivity index (χ4n) is 3.03. The summed E-state index contributed by atoms with van der Waals surface area (Å²) in [5, 5.41) is 10.8. The summed E-state index contributed by atoms with van der Waals surface area (Å²) in [6.07, 6.45) is 4.70. The topological polar surface area (TPSA) is 94.0 Å². The zero-order chi connectivity index (χ0) is 17.8. The predicted molar refractivity (Wildman–Crippen MR) is 93.2 cm³/mol. The summed E-state index contributed by atoms with van der Waals surface area (Å²) in [7, 11) is 1.86. The Hall–Kier alpha value is -2.48. The van der Waals surface area contributed by atoms with E-state index in [1.54, 1.807) is 10.9 Å². The molecule has 1 fully saturated rings. The van der Waals surface area contributed by atoms with Crippen molar-refractivity contribution in [2.75, 3.05) is 18.5 Å². The van der Waals surface area contributed by atoms with Gasteiger partial charge in [0.05, 0.1) is 30.8 Å². The molecule has 2 aromatic heterocycles. The zero-order valence-corrected chi connectivity index (χ0v) is 14.8. The summed E-state index contributed by atoms with van der Waals surface area (Å²) in [6.45, 7) is 4.93. The smallest absolute Gasteiger partial charge is 0.224 e. The molecule has 3 rings (SSSR count). The van der Waals surface area contributed by atoms with Gasteiger partial charge >= 0.3 is 0 Å². The summed E-state index contributed by atoms with van der Waals surface area (Å²) < 4.78 is 7.30. The molecule has 25 heavy (non-hydrogen) atoms. The van der Waals surface area contributed by atoms with Crippen LogP contribution in [0.5, 0.6) is 0 Å². The summed E-state index contributed by atoms with van der Waals surface area (Å²) >= 11 is 0. The SMILES string of the molecule is Cc1nccc(N[C@@H]2COCC[C@@H]2NC(=O)Cc2cn(C)nc2C)n1. The molecule has 0 bridgehead atoms. The van der Waals surface area contributed by atoms with Gasteiger partial charge in [0.1, 0.15) is 11.6 Å². The number of anilines is 1. The van der Waals surface area contributed by atoms with Crippen molar-refractivity contribution >= 4 is 11.7 Å². The minimum Gasteiger partial charge on any atom is -0.379 e. The molecule has 2 N–H and O–H groups in total. The lowest BCUT2D eigenvalue weighted by Gasteiger charge is -2.33. The predicted octanol–water partition coefficient (Wildman–Crippen LogP) is 0.755. The molecular weight excluding hydrogens is 320 g/mol. The molecule has 8 nitrogen and oxygen atoms in total. The number of hydrogen-bond donors (Lipinski definition) is 2. The Kier molecular flexibility index (Phi) is 5.28. The van der Waals surface area contributed by atoms with Crippen molar-refractivity contribution in [1.29, 1.82) is 0 Å². The van der Waals surface area contributed by atoms with Crippen LogP contribution in [0.25, 0.3) is 0 Å². The molecule has 134 valence electrons. The standard InChI is InChI=1S/C17H24N6O2/c1-11-13(9-23(3)22-11)8-17(24)21-14-5-7-25-10-15(14)20-16-4-6-18-12(2)19-16/h4,6,9,14-15H,5,7-8,10H2,1-3H3,(H,21,24)(H,18,19,20)/t14-,15+/m0/s1. The van der Waals surface area contributed by atoms with Crippen LogP contribution in [0.2, 0.25) is 0 Å². The molecular formula is C17H24N6O2. The average Bonchev–Trinajstić information content (AvgIpc) is 2.86. The van der Waals surface area contributed by atoms with Crippen LogP contribution in [0, 0.1) is 13.8 Å². The second-order valence-electron chi connectivity index (χ2n) is 6.37. The fraction of sp³-hybridized carbons (Fsp3) is 0.529. The van der Waals surface area contributed by atoms with E-state index >= 15 is 0 Å². The molecule has 3 heterocycles. The molecule has 8 heteroatoms. The van der Waals surface area contributed by atoms with E-state index in [1.165, 1.54) is 0 Å². The molecule has 1 amide bonds. The third-order valence-electron chi connectivity index (χ3n) is 4.28. The van der Waals surface area contributed by atoms with E-state index in [0.717, 1.165) is 23.5 Å². The number of carbonyl (C=O) groups is 1. The second-order valence-corrected chi connectivity index (χ2v) is 6.37. The lowest BCUT2D eigenvalue weighted by atomic mass is 10.0. The number of aryl methyl sites for hydroxylation is 3. The molecule has 0 aromatic carbocycles. The zero-order valence-electron chi connectivity index (χ0n) is 14.8. The normalized spacial score (nSPS) is 20.3. The van der Waals surface area contributed by atoms with Gasteiger partial charge in [0, 0.05) is 31.6 Å². The van der Waals surface area contributed by atoms with E-state index < -0.39 is 0 Å². The van der Waals surface area contributed by atoms with E-state index in [0.29, 0.717) is 25.5 Å². The maximum Gasteiger partial charge on any atom is 0.224 e. The van der Waals surface area contributed by atoms with E-state index in [1.807, 2.05) is 33.2 Å². The van der Waals surface area contributed by atoms with Crippen LogP contribution in [0.3, 0.4) is 0 Å². The third-order valence-corrected chi connectivity index (χ3v) is 4.28. The van der Waals surface area contributed by atoms with Crippen LogP contribution in [0.1, 0.15) is 23.5 Å². The first kappa shape index (κ1) is 17.3. The average molecular weight is 344 g/mol. The van der Waals surface area contributed by atoms with Crippen molar-refractivity contribution in [2.45, 2.75) is 38.8 Å².